The number of fused-ring (bicyclic) bond motifs is 1. The molecule has 0 spiro atoms. The van der Waals surface area contributed by atoms with E-state index in [1.54, 1.807) is 31.3 Å². The van der Waals surface area contributed by atoms with E-state index in [1.165, 1.54) is 9.13 Å². The van der Waals surface area contributed by atoms with Crippen molar-refractivity contribution in [2.24, 2.45) is 7.05 Å². The lowest BCUT2D eigenvalue weighted by Crippen LogP contribution is -2.40. The van der Waals surface area contributed by atoms with Crippen LogP contribution in [0, 0.1) is 0 Å². The van der Waals surface area contributed by atoms with E-state index >= 15 is 0 Å². The third-order valence-corrected chi connectivity index (χ3v) is 6.13. The molecule has 0 atom stereocenters. The number of hydrogen-bond acceptors (Lipinski definition) is 5. The van der Waals surface area contributed by atoms with Gasteiger partial charge in [0, 0.05) is 23.6 Å². The normalized spacial score (nSPS) is 11.3. The summed E-state index contributed by atoms with van der Waals surface area (Å²) in [7, 11) is 3.53. The van der Waals surface area contributed by atoms with Crippen LogP contribution in [0.3, 0.4) is 0 Å². The first-order valence-electron chi connectivity index (χ1n) is 11.0. The van der Waals surface area contributed by atoms with Gasteiger partial charge in [0.15, 0.2) is 11.2 Å². The number of anilines is 1. The van der Waals surface area contributed by atoms with Crippen molar-refractivity contribution in [1.29, 1.82) is 0 Å². The molecule has 2 N–H and O–H groups in total. The Morgan fingerprint density at radius 1 is 0.853 bits per heavy atom. The Morgan fingerprint density at radius 3 is 1.97 bits per heavy atom. The molecule has 0 aliphatic carbocycles. The number of benzene rings is 2. The Morgan fingerprint density at radius 2 is 1.41 bits per heavy atom. The molecule has 0 bridgehead atoms. The van der Waals surface area contributed by atoms with Crippen LogP contribution in [-0.2, 0) is 20.1 Å². The van der Waals surface area contributed by atoms with Gasteiger partial charge in [-0.1, -0.05) is 47.5 Å². The van der Waals surface area contributed by atoms with Crippen molar-refractivity contribution in [3.05, 3.63) is 90.5 Å². The zero-order valence-corrected chi connectivity index (χ0v) is 20.5. The summed E-state index contributed by atoms with van der Waals surface area (Å²) in [6.45, 7) is 2.04. The average molecular weight is 501 g/mol. The maximum atomic E-state index is 13.6. The lowest BCUT2D eigenvalue weighted by molar-refractivity contribution is 0.653. The molecule has 0 aliphatic rings. The molecule has 4 aromatic rings. The first-order chi connectivity index (χ1) is 16.4. The van der Waals surface area contributed by atoms with E-state index in [9.17, 15) is 9.59 Å². The molecule has 0 fully saturated rings. The number of halogens is 2. The molecular formula is C24H26Cl2N6O2. The van der Waals surface area contributed by atoms with Crippen molar-refractivity contribution in [3.8, 4) is 0 Å². The van der Waals surface area contributed by atoms with E-state index in [0.717, 1.165) is 24.1 Å². The third kappa shape index (κ3) is 5.04. The first-order valence-corrected chi connectivity index (χ1v) is 11.7. The SMILES string of the molecule is CNCCCNc1nc2c(c(=O)n(Cc3ccc(Cl)cc3)c(=O)n2C)n1Cc1ccc(Cl)cc1. The number of imidazole rings is 1. The van der Waals surface area contributed by atoms with E-state index in [0.29, 0.717) is 40.2 Å². The minimum Gasteiger partial charge on any atom is -0.356 e. The topological polar surface area (TPSA) is 85.9 Å². The Labute approximate surface area is 206 Å². The van der Waals surface area contributed by atoms with Gasteiger partial charge in [0.2, 0.25) is 5.95 Å². The summed E-state index contributed by atoms with van der Waals surface area (Å²) in [6, 6.07) is 14.5. The number of nitrogens with one attached hydrogen (secondary N) is 2. The van der Waals surface area contributed by atoms with Gasteiger partial charge in [-0.2, -0.15) is 4.98 Å². The molecule has 2 aromatic heterocycles. The zero-order chi connectivity index (χ0) is 24.2. The van der Waals surface area contributed by atoms with Crippen LogP contribution < -0.4 is 21.9 Å². The van der Waals surface area contributed by atoms with Gasteiger partial charge in [-0.25, -0.2) is 4.79 Å². The lowest BCUT2D eigenvalue weighted by atomic mass is 10.2. The van der Waals surface area contributed by atoms with Crippen LogP contribution in [0.4, 0.5) is 5.95 Å². The highest BCUT2D eigenvalue weighted by atomic mass is 35.5. The summed E-state index contributed by atoms with van der Waals surface area (Å²) in [5.41, 5.74) is 1.65. The highest BCUT2D eigenvalue weighted by Gasteiger charge is 2.20. The van der Waals surface area contributed by atoms with E-state index in [-0.39, 0.29) is 6.54 Å². The van der Waals surface area contributed by atoms with Crippen LogP contribution in [0.25, 0.3) is 11.2 Å². The van der Waals surface area contributed by atoms with Crippen molar-refractivity contribution in [1.82, 2.24) is 24.0 Å². The molecule has 0 saturated carbocycles. The van der Waals surface area contributed by atoms with Gasteiger partial charge in [0.25, 0.3) is 5.56 Å². The predicted octanol–water partition coefficient (Wildman–Crippen LogP) is 3.32. The highest BCUT2D eigenvalue weighted by Crippen LogP contribution is 2.19. The van der Waals surface area contributed by atoms with Gasteiger partial charge < -0.3 is 10.6 Å². The molecule has 4 rings (SSSR count). The molecule has 178 valence electrons. The number of aryl methyl sites for hydroxylation is 1. The third-order valence-electron chi connectivity index (χ3n) is 5.63. The Hall–Kier alpha value is -3.07. The number of nitrogens with zero attached hydrogens (tertiary/aromatic N) is 4. The van der Waals surface area contributed by atoms with Crippen molar-refractivity contribution in [2.75, 3.05) is 25.5 Å². The van der Waals surface area contributed by atoms with Crippen molar-refractivity contribution < 1.29 is 0 Å². The van der Waals surface area contributed by atoms with Crippen LogP contribution in [0.15, 0.2) is 58.1 Å². The Bertz CT molecular complexity index is 1410. The summed E-state index contributed by atoms with van der Waals surface area (Å²) in [4.78, 5) is 31.4. The Balaban J connectivity index is 1.84. The summed E-state index contributed by atoms with van der Waals surface area (Å²) < 4.78 is 4.48. The maximum absolute atomic E-state index is 13.6. The molecule has 0 radical (unpaired) electrons. The minimum absolute atomic E-state index is 0.135. The second kappa shape index (κ2) is 10.5. The van der Waals surface area contributed by atoms with Crippen molar-refractivity contribution >= 4 is 40.3 Å². The highest BCUT2D eigenvalue weighted by molar-refractivity contribution is 6.30. The van der Waals surface area contributed by atoms with Crippen LogP contribution in [0.1, 0.15) is 17.5 Å². The fraction of sp³-hybridized carbons (Fsp3) is 0.292. The van der Waals surface area contributed by atoms with E-state index < -0.39 is 11.2 Å². The summed E-state index contributed by atoms with van der Waals surface area (Å²) in [6.07, 6.45) is 0.875. The molecule has 2 heterocycles. The zero-order valence-electron chi connectivity index (χ0n) is 19.0. The first kappa shape index (κ1) is 24.1. The van der Waals surface area contributed by atoms with E-state index in [2.05, 4.69) is 15.6 Å². The fourth-order valence-corrected chi connectivity index (χ4v) is 4.06. The van der Waals surface area contributed by atoms with Gasteiger partial charge in [-0.15, -0.1) is 0 Å². The summed E-state index contributed by atoms with van der Waals surface area (Å²) >= 11 is 12.0. The number of hydrogen-bond donors (Lipinski definition) is 2. The van der Waals surface area contributed by atoms with Crippen LogP contribution in [-0.4, -0.2) is 38.8 Å². The van der Waals surface area contributed by atoms with Gasteiger partial charge >= 0.3 is 5.69 Å². The molecule has 0 saturated heterocycles. The molecule has 2 aromatic carbocycles. The summed E-state index contributed by atoms with van der Waals surface area (Å²) in [5.74, 6) is 0.539. The molecule has 34 heavy (non-hydrogen) atoms. The molecular weight excluding hydrogens is 475 g/mol. The van der Waals surface area contributed by atoms with Gasteiger partial charge in [-0.05, 0) is 55.4 Å². The van der Waals surface area contributed by atoms with E-state index in [4.69, 9.17) is 23.2 Å². The van der Waals surface area contributed by atoms with Gasteiger partial charge in [-0.3, -0.25) is 18.5 Å². The molecule has 0 aliphatic heterocycles. The van der Waals surface area contributed by atoms with Crippen molar-refractivity contribution in [2.45, 2.75) is 19.5 Å². The van der Waals surface area contributed by atoms with Gasteiger partial charge in [0.05, 0.1) is 13.1 Å². The van der Waals surface area contributed by atoms with Gasteiger partial charge in [0.1, 0.15) is 0 Å². The van der Waals surface area contributed by atoms with Crippen LogP contribution >= 0.6 is 23.2 Å². The second-order valence-corrected chi connectivity index (χ2v) is 8.94. The molecule has 10 heteroatoms. The quantitative estimate of drug-likeness (QED) is 0.344. The molecule has 0 amide bonds. The summed E-state index contributed by atoms with van der Waals surface area (Å²) in [5, 5.41) is 7.67. The average Bonchev–Trinajstić information content (AvgIpc) is 3.19. The minimum atomic E-state index is -0.426. The standard InChI is InChI=1S/C24H26Cl2N6O2/c1-27-12-3-13-28-23-29-21-20(31(23)14-16-4-8-18(25)9-5-16)22(33)32(24(34)30(21)2)15-17-6-10-19(26)11-7-17/h4-11,27H,3,12-15H2,1-2H3,(H,28,29). The fourth-order valence-electron chi connectivity index (χ4n) is 3.81. The number of rotatable bonds is 9. The van der Waals surface area contributed by atoms with Crippen LogP contribution in [0.5, 0.6) is 0 Å². The number of aromatic nitrogens is 4. The molecule has 8 nitrogen and oxygen atoms in total. The lowest BCUT2D eigenvalue weighted by Gasteiger charge is -2.12. The Kier molecular flexibility index (Phi) is 7.41. The van der Waals surface area contributed by atoms with E-state index in [1.807, 2.05) is 35.9 Å². The predicted molar refractivity (Wildman–Crippen MR) is 137 cm³/mol. The largest absolute Gasteiger partial charge is 0.356 e. The van der Waals surface area contributed by atoms with Crippen molar-refractivity contribution in [3.63, 3.8) is 0 Å². The smallest absolute Gasteiger partial charge is 0.332 e. The van der Waals surface area contributed by atoms with Crippen LogP contribution in [0.2, 0.25) is 10.0 Å². The monoisotopic (exact) mass is 500 g/mol. The maximum Gasteiger partial charge on any atom is 0.332 e. The molecule has 0 unspecified atom stereocenters. The second-order valence-electron chi connectivity index (χ2n) is 8.06.